The monoisotopic (exact) mass is 413 g/mol. The van der Waals surface area contributed by atoms with Gasteiger partial charge < -0.3 is 14.2 Å². The first kappa shape index (κ1) is 18.6. The quantitative estimate of drug-likeness (QED) is 0.561. The van der Waals surface area contributed by atoms with Crippen LogP contribution in [-0.2, 0) is 0 Å². The zero-order valence-corrected chi connectivity index (χ0v) is 16.6. The first-order valence-corrected chi connectivity index (χ1v) is 9.44. The summed E-state index contributed by atoms with van der Waals surface area (Å²) in [6.45, 7) is 0.701. The summed E-state index contributed by atoms with van der Waals surface area (Å²) in [4.78, 5) is 6.63. The molecular formula is C21H17Cl2N3O2. The molecule has 1 atom stereocenters. The number of aromatic nitrogens is 2. The van der Waals surface area contributed by atoms with Crippen LogP contribution < -0.4 is 4.74 Å². The molecule has 1 aliphatic heterocycles. The van der Waals surface area contributed by atoms with Gasteiger partial charge in [0.05, 0.1) is 5.02 Å². The van der Waals surface area contributed by atoms with Gasteiger partial charge in [-0.2, -0.15) is 4.98 Å². The fourth-order valence-electron chi connectivity index (χ4n) is 2.89. The van der Waals surface area contributed by atoms with Gasteiger partial charge in [0.1, 0.15) is 10.8 Å². The summed E-state index contributed by atoms with van der Waals surface area (Å²) >= 11 is 12.4. The molecule has 1 aromatic heterocycles. The van der Waals surface area contributed by atoms with Crippen molar-refractivity contribution in [2.24, 2.45) is 0 Å². The highest BCUT2D eigenvalue weighted by Crippen LogP contribution is 2.36. The molecule has 0 spiro atoms. The maximum absolute atomic E-state index is 6.31. The standard InChI is InChI=1S/C21H17Cl2N3O2/c1-26-12-6-9-15(13-26)20-24-21(28-25-20)19(14-7-3-2-4-8-14)27-17-11-5-10-16(22)18(17)23/h2-12,19H,13H2,1H3. The number of ether oxygens (including phenoxy) is 1. The van der Waals surface area contributed by atoms with E-state index in [9.17, 15) is 0 Å². The topological polar surface area (TPSA) is 51.4 Å². The van der Waals surface area contributed by atoms with E-state index in [2.05, 4.69) is 10.1 Å². The lowest BCUT2D eigenvalue weighted by atomic mass is 10.1. The van der Waals surface area contributed by atoms with E-state index >= 15 is 0 Å². The molecule has 3 aromatic rings. The van der Waals surface area contributed by atoms with Gasteiger partial charge in [-0.05, 0) is 24.4 Å². The summed E-state index contributed by atoms with van der Waals surface area (Å²) in [5.41, 5.74) is 1.83. The molecule has 0 N–H and O–H groups in total. The Morgan fingerprint density at radius 3 is 2.71 bits per heavy atom. The van der Waals surface area contributed by atoms with E-state index < -0.39 is 6.10 Å². The van der Waals surface area contributed by atoms with Gasteiger partial charge in [-0.3, -0.25) is 0 Å². The van der Waals surface area contributed by atoms with Crippen molar-refractivity contribution >= 4 is 28.8 Å². The summed E-state index contributed by atoms with van der Waals surface area (Å²) in [6, 6.07) is 14.9. The Labute approximate surface area is 172 Å². The molecule has 7 heteroatoms. The van der Waals surface area contributed by atoms with Gasteiger partial charge in [0, 0.05) is 24.7 Å². The van der Waals surface area contributed by atoms with E-state index in [1.54, 1.807) is 18.2 Å². The van der Waals surface area contributed by atoms with Crippen molar-refractivity contribution in [3.8, 4) is 5.75 Å². The van der Waals surface area contributed by atoms with Gasteiger partial charge in [-0.25, -0.2) is 0 Å². The second-order valence-corrected chi connectivity index (χ2v) is 7.15. The van der Waals surface area contributed by atoms with Crippen LogP contribution in [0.4, 0.5) is 0 Å². The van der Waals surface area contributed by atoms with Crippen molar-refractivity contribution in [3.05, 3.63) is 94.2 Å². The molecule has 0 saturated carbocycles. The van der Waals surface area contributed by atoms with Crippen molar-refractivity contribution in [2.45, 2.75) is 6.10 Å². The van der Waals surface area contributed by atoms with E-state index in [0.717, 1.165) is 11.1 Å². The fourth-order valence-corrected chi connectivity index (χ4v) is 3.22. The second-order valence-electron chi connectivity index (χ2n) is 6.37. The number of nitrogens with zero attached hydrogens (tertiary/aromatic N) is 3. The lowest BCUT2D eigenvalue weighted by molar-refractivity contribution is 0.193. The lowest BCUT2D eigenvalue weighted by Gasteiger charge is -2.18. The van der Waals surface area contributed by atoms with Crippen LogP contribution in [0.2, 0.25) is 10.0 Å². The summed E-state index contributed by atoms with van der Waals surface area (Å²) in [5.74, 6) is 1.32. The Kier molecular flexibility index (Phi) is 5.37. The van der Waals surface area contributed by atoms with Crippen LogP contribution >= 0.6 is 23.2 Å². The van der Waals surface area contributed by atoms with Crippen molar-refractivity contribution in [2.75, 3.05) is 13.6 Å². The zero-order chi connectivity index (χ0) is 19.5. The Bertz CT molecular complexity index is 1030. The van der Waals surface area contributed by atoms with Crippen molar-refractivity contribution in [3.63, 3.8) is 0 Å². The highest BCUT2D eigenvalue weighted by atomic mass is 35.5. The molecule has 0 amide bonds. The highest BCUT2D eigenvalue weighted by Gasteiger charge is 2.25. The molecule has 2 heterocycles. The third kappa shape index (κ3) is 3.91. The molecule has 0 aliphatic carbocycles. The third-order valence-corrected chi connectivity index (χ3v) is 5.08. The number of halogens is 2. The van der Waals surface area contributed by atoms with Crippen LogP contribution in [0.25, 0.3) is 5.57 Å². The molecule has 5 nitrogen and oxygen atoms in total. The molecule has 1 aliphatic rings. The average Bonchev–Trinajstić information content (AvgIpc) is 3.20. The Hall–Kier alpha value is -2.76. The minimum Gasteiger partial charge on any atom is -0.474 e. The molecule has 0 radical (unpaired) electrons. The molecule has 0 saturated heterocycles. The predicted octanol–water partition coefficient (Wildman–Crippen LogP) is 5.39. The van der Waals surface area contributed by atoms with Gasteiger partial charge in [-0.1, -0.05) is 70.8 Å². The second kappa shape index (κ2) is 8.09. The van der Waals surface area contributed by atoms with E-state index in [1.807, 2.05) is 60.6 Å². The summed E-state index contributed by atoms with van der Waals surface area (Å²) in [5, 5.41) is 4.90. The number of hydrogen-bond acceptors (Lipinski definition) is 5. The van der Waals surface area contributed by atoms with Crippen LogP contribution in [0.3, 0.4) is 0 Å². The first-order chi connectivity index (χ1) is 13.6. The molecular weight excluding hydrogens is 397 g/mol. The average molecular weight is 414 g/mol. The number of benzene rings is 2. The number of allylic oxidation sites excluding steroid dienone is 2. The van der Waals surface area contributed by atoms with Gasteiger partial charge in [0.25, 0.3) is 5.89 Å². The van der Waals surface area contributed by atoms with Crippen LogP contribution in [0.1, 0.15) is 23.4 Å². The van der Waals surface area contributed by atoms with E-state index in [-0.39, 0.29) is 0 Å². The molecule has 0 bridgehead atoms. The highest BCUT2D eigenvalue weighted by molar-refractivity contribution is 6.42. The van der Waals surface area contributed by atoms with Crippen LogP contribution in [0.5, 0.6) is 5.75 Å². The molecule has 0 fully saturated rings. The van der Waals surface area contributed by atoms with E-state index in [1.165, 1.54) is 0 Å². The molecule has 2 aromatic carbocycles. The van der Waals surface area contributed by atoms with Crippen LogP contribution in [0, 0.1) is 0 Å². The molecule has 142 valence electrons. The van der Waals surface area contributed by atoms with Gasteiger partial charge in [0.2, 0.25) is 6.10 Å². The van der Waals surface area contributed by atoms with Crippen LogP contribution in [0.15, 0.2) is 71.4 Å². The number of likely N-dealkylation sites (N-methyl/N-ethyl adjacent to an activating group) is 1. The van der Waals surface area contributed by atoms with Crippen LogP contribution in [-0.4, -0.2) is 28.6 Å². The fraction of sp³-hybridized carbons (Fsp3) is 0.143. The summed E-state index contributed by atoms with van der Waals surface area (Å²) in [6.07, 6.45) is 5.30. The molecule has 1 unspecified atom stereocenters. The number of rotatable bonds is 5. The molecule has 4 rings (SSSR count). The SMILES string of the molecule is CN1C=CC=C(c2noc(C(Oc3cccc(Cl)c3Cl)c3ccccc3)n2)C1. The summed E-state index contributed by atoms with van der Waals surface area (Å²) in [7, 11) is 1.99. The van der Waals surface area contributed by atoms with Crippen molar-refractivity contribution in [1.29, 1.82) is 0 Å². The van der Waals surface area contributed by atoms with E-state index in [0.29, 0.717) is 34.1 Å². The van der Waals surface area contributed by atoms with Gasteiger partial charge in [0.15, 0.2) is 5.82 Å². The maximum Gasteiger partial charge on any atom is 0.272 e. The van der Waals surface area contributed by atoms with E-state index in [4.69, 9.17) is 32.5 Å². The summed E-state index contributed by atoms with van der Waals surface area (Å²) < 4.78 is 11.7. The predicted molar refractivity (Wildman–Crippen MR) is 109 cm³/mol. The Morgan fingerprint density at radius 2 is 1.93 bits per heavy atom. The number of hydrogen-bond donors (Lipinski definition) is 0. The minimum absolute atomic E-state index is 0.339. The third-order valence-electron chi connectivity index (χ3n) is 4.27. The Morgan fingerprint density at radius 1 is 1.11 bits per heavy atom. The maximum atomic E-state index is 6.31. The zero-order valence-electron chi connectivity index (χ0n) is 15.0. The largest absolute Gasteiger partial charge is 0.474 e. The minimum atomic E-state index is -0.615. The van der Waals surface area contributed by atoms with Gasteiger partial charge >= 0.3 is 0 Å². The lowest BCUT2D eigenvalue weighted by Crippen LogP contribution is -2.16. The molecule has 28 heavy (non-hydrogen) atoms. The van der Waals surface area contributed by atoms with Crippen molar-refractivity contribution in [1.82, 2.24) is 15.0 Å². The van der Waals surface area contributed by atoms with Gasteiger partial charge in [-0.15, -0.1) is 0 Å². The Balaban J connectivity index is 1.70. The normalized spacial score (nSPS) is 14.7. The smallest absolute Gasteiger partial charge is 0.272 e. The van der Waals surface area contributed by atoms with Crippen molar-refractivity contribution < 1.29 is 9.26 Å². The first-order valence-electron chi connectivity index (χ1n) is 8.69.